The first-order valence-electron chi connectivity index (χ1n) is 5.77. The minimum Gasteiger partial charge on any atom is -0.479 e. The molecule has 0 unspecified atom stereocenters. The highest BCUT2D eigenvalue weighted by molar-refractivity contribution is 8.00. The van der Waals surface area contributed by atoms with Gasteiger partial charge < -0.3 is 20.7 Å². The molecule has 0 aromatic rings. The molecule has 1 saturated heterocycles. The van der Waals surface area contributed by atoms with Crippen LogP contribution < -0.4 is 5.73 Å². The van der Waals surface area contributed by atoms with Crippen LogP contribution in [0, 0.1) is 0 Å². The summed E-state index contributed by atoms with van der Waals surface area (Å²) in [6.45, 7) is 0.898. The van der Waals surface area contributed by atoms with Crippen LogP contribution in [0.25, 0.3) is 0 Å². The highest BCUT2D eigenvalue weighted by Crippen LogP contribution is 2.45. The van der Waals surface area contributed by atoms with E-state index in [0.717, 1.165) is 16.7 Å². The smallest absolute Gasteiger partial charge is 0.352 e. The fourth-order valence-corrected chi connectivity index (χ4v) is 3.54. The molecule has 2 rings (SSSR count). The van der Waals surface area contributed by atoms with Crippen LogP contribution in [-0.4, -0.2) is 62.2 Å². The summed E-state index contributed by atoms with van der Waals surface area (Å²) in [4.78, 5) is 46.1. The zero-order valence-electron chi connectivity index (χ0n) is 10.9. The van der Waals surface area contributed by atoms with Crippen molar-refractivity contribution in [1.29, 1.82) is 0 Å². The topological polar surface area (TPSA) is 147 Å². The summed E-state index contributed by atoms with van der Waals surface area (Å²) in [6, 6.07) is 0. The van der Waals surface area contributed by atoms with Crippen molar-refractivity contribution in [3.63, 3.8) is 0 Å². The van der Waals surface area contributed by atoms with Crippen LogP contribution in [0.4, 0.5) is 0 Å². The normalized spacial score (nSPS) is 27.8. The number of rotatable bonds is 4. The average Bonchev–Trinajstić information content (AvgIpc) is 2.41. The summed E-state index contributed by atoms with van der Waals surface area (Å²) in [5, 5.41) is 17.3. The van der Waals surface area contributed by atoms with Gasteiger partial charge in [-0.05, 0) is 0 Å². The van der Waals surface area contributed by atoms with Crippen molar-refractivity contribution in [2.45, 2.75) is 17.8 Å². The fraction of sp³-hybridized carbons (Fsp3) is 0.455. The number of hydrogen-bond acceptors (Lipinski definition) is 7. The molecule has 1 fully saturated rings. The van der Waals surface area contributed by atoms with E-state index in [1.807, 2.05) is 0 Å². The van der Waals surface area contributed by atoms with Crippen molar-refractivity contribution in [3.05, 3.63) is 11.3 Å². The van der Waals surface area contributed by atoms with Gasteiger partial charge in [-0.2, -0.15) is 0 Å². The minimum atomic E-state index is -2.13. The van der Waals surface area contributed by atoms with Gasteiger partial charge in [-0.3, -0.25) is 14.5 Å². The summed E-state index contributed by atoms with van der Waals surface area (Å²) >= 11 is 1.02. The zero-order valence-corrected chi connectivity index (χ0v) is 11.7. The van der Waals surface area contributed by atoms with Crippen molar-refractivity contribution in [2.75, 3.05) is 12.4 Å². The lowest BCUT2D eigenvalue weighted by Crippen LogP contribution is -2.81. The highest BCUT2D eigenvalue weighted by atomic mass is 32.2. The molecule has 0 saturated carbocycles. The number of carboxylic acids is 2. The van der Waals surface area contributed by atoms with Gasteiger partial charge in [0.05, 0.1) is 0 Å². The van der Waals surface area contributed by atoms with E-state index in [9.17, 15) is 24.3 Å². The molecule has 9 nitrogen and oxygen atoms in total. The second kappa shape index (κ2) is 5.04. The van der Waals surface area contributed by atoms with E-state index in [1.54, 1.807) is 0 Å². The summed E-state index contributed by atoms with van der Waals surface area (Å²) in [5.41, 5.74) is 3.29. The van der Waals surface area contributed by atoms with Crippen molar-refractivity contribution >= 4 is 35.6 Å². The second-order valence-corrected chi connectivity index (χ2v) is 5.62. The average molecular weight is 316 g/mol. The van der Waals surface area contributed by atoms with E-state index in [0.29, 0.717) is 0 Å². The third-order valence-electron chi connectivity index (χ3n) is 3.19. The van der Waals surface area contributed by atoms with Gasteiger partial charge in [0.1, 0.15) is 17.7 Å². The number of carbonyl (C=O) groups is 4. The molecule has 21 heavy (non-hydrogen) atoms. The van der Waals surface area contributed by atoms with Crippen molar-refractivity contribution < 1.29 is 34.1 Å². The molecule has 4 N–H and O–H groups in total. The molecule has 0 bridgehead atoms. The van der Waals surface area contributed by atoms with Gasteiger partial charge >= 0.3 is 17.9 Å². The molecule has 1 amide bonds. The van der Waals surface area contributed by atoms with Gasteiger partial charge in [-0.25, -0.2) is 9.59 Å². The number of nitrogens with two attached hydrogens (primary N) is 1. The van der Waals surface area contributed by atoms with Crippen molar-refractivity contribution in [3.8, 4) is 0 Å². The van der Waals surface area contributed by atoms with Gasteiger partial charge in [0.15, 0.2) is 0 Å². The van der Waals surface area contributed by atoms with Gasteiger partial charge in [-0.15, -0.1) is 11.8 Å². The number of nitrogens with zero attached hydrogens (tertiary/aromatic N) is 1. The summed E-state index contributed by atoms with van der Waals surface area (Å²) in [6.07, 6.45) is 0. The van der Waals surface area contributed by atoms with Crippen LogP contribution in [0.3, 0.4) is 0 Å². The molecule has 0 aliphatic carbocycles. The number of esters is 1. The Kier molecular flexibility index (Phi) is 3.68. The molecular formula is C11H12N2O7S. The molecular weight excluding hydrogens is 304 g/mol. The quantitative estimate of drug-likeness (QED) is 0.323. The lowest BCUT2D eigenvalue weighted by atomic mass is 9.87. The monoisotopic (exact) mass is 316 g/mol. The number of ether oxygens (including phenoxy) is 1. The van der Waals surface area contributed by atoms with Gasteiger partial charge in [0.2, 0.25) is 5.54 Å². The van der Waals surface area contributed by atoms with Crippen LogP contribution in [0.5, 0.6) is 0 Å². The molecule has 114 valence electrons. The standard InChI is InChI=1S/C11H12N2O7S/c1-4(14)20-2-5-3-21-9-11(12,10(18)19)8(17)13(9)6(5)7(15)16/h9H,2-3,12H2,1H3,(H,15,16)(H,18,19)/t9-,11+/m1/s1. The summed E-state index contributed by atoms with van der Waals surface area (Å²) in [5.74, 6) is -4.38. The molecule has 10 heteroatoms. The number of fused-ring (bicyclic) bond motifs is 1. The first-order valence-corrected chi connectivity index (χ1v) is 6.82. The Morgan fingerprint density at radius 3 is 2.57 bits per heavy atom. The van der Waals surface area contributed by atoms with Crippen LogP contribution in [-0.2, 0) is 23.9 Å². The Balaban J connectivity index is 2.35. The summed E-state index contributed by atoms with van der Waals surface area (Å²) in [7, 11) is 0. The largest absolute Gasteiger partial charge is 0.479 e. The van der Waals surface area contributed by atoms with E-state index in [4.69, 9.17) is 15.6 Å². The number of carbonyl (C=O) groups excluding carboxylic acids is 2. The zero-order chi connectivity index (χ0) is 15.9. The van der Waals surface area contributed by atoms with Crippen LogP contribution in [0.2, 0.25) is 0 Å². The van der Waals surface area contributed by atoms with E-state index in [2.05, 4.69) is 0 Å². The molecule has 0 spiro atoms. The molecule has 0 aromatic heterocycles. The first-order chi connectivity index (χ1) is 9.71. The lowest BCUT2D eigenvalue weighted by Gasteiger charge is -2.52. The fourth-order valence-electron chi connectivity index (χ4n) is 2.14. The molecule has 0 aromatic carbocycles. The Morgan fingerprint density at radius 2 is 2.10 bits per heavy atom. The predicted molar refractivity (Wildman–Crippen MR) is 68.9 cm³/mol. The highest BCUT2D eigenvalue weighted by Gasteiger charge is 2.67. The maximum atomic E-state index is 12.0. The van der Waals surface area contributed by atoms with Crippen LogP contribution >= 0.6 is 11.8 Å². The SMILES string of the molecule is CC(=O)OCC1=C(C(=O)O)N2C(=O)[C@@](N)(C(=O)O)[C@H]2SC1. The van der Waals surface area contributed by atoms with Crippen LogP contribution in [0.15, 0.2) is 11.3 Å². The van der Waals surface area contributed by atoms with Gasteiger partial charge in [-0.1, -0.05) is 0 Å². The Morgan fingerprint density at radius 1 is 1.48 bits per heavy atom. The third-order valence-corrected chi connectivity index (χ3v) is 4.61. The molecule has 0 radical (unpaired) electrons. The first kappa shape index (κ1) is 15.3. The number of amides is 1. The van der Waals surface area contributed by atoms with E-state index >= 15 is 0 Å². The minimum absolute atomic E-state index is 0.107. The van der Waals surface area contributed by atoms with E-state index < -0.39 is 34.7 Å². The number of carboxylic acid groups (broad SMARTS) is 2. The molecule has 2 atom stereocenters. The number of thioether (sulfide) groups is 1. The lowest BCUT2D eigenvalue weighted by molar-refractivity contribution is -0.167. The van der Waals surface area contributed by atoms with E-state index in [-0.39, 0.29) is 23.6 Å². The third kappa shape index (κ3) is 2.16. The number of β-lactam (4-membered cyclic amide) rings is 1. The summed E-state index contributed by atoms with van der Waals surface area (Å²) < 4.78 is 4.75. The second-order valence-electron chi connectivity index (χ2n) is 4.55. The van der Waals surface area contributed by atoms with Gasteiger partial charge in [0.25, 0.3) is 5.91 Å². The van der Waals surface area contributed by atoms with Crippen molar-refractivity contribution in [1.82, 2.24) is 4.90 Å². The molecule has 2 aliphatic rings. The number of hydrogen-bond donors (Lipinski definition) is 3. The van der Waals surface area contributed by atoms with Gasteiger partial charge in [0, 0.05) is 18.2 Å². The Bertz CT molecular complexity index is 587. The maximum Gasteiger partial charge on any atom is 0.352 e. The van der Waals surface area contributed by atoms with Crippen LogP contribution in [0.1, 0.15) is 6.92 Å². The molecule has 2 heterocycles. The van der Waals surface area contributed by atoms with E-state index in [1.165, 1.54) is 6.92 Å². The number of aliphatic carboxylic acids is 2. The molecule has 2 aliphatic heterocycles. The predicted octanol–water partition coefficient (Wildman–Crippen LogP) is -1.41. The van der Waals surface area contributed by atoms with Crippen molar-refractivity contribution in [2.24, 2.45) is 5.73 Å². The Hall–Kier alpha value is -2.07. The maximum absolute atomic E-state index is 12.0. The Labute approximate surface area is 122 Å².